The fourth-order valence-electron chi connectivity index (χ4n) is 3.36. The molecular weight excluding hydrogens is 418 g/mol. The van der Waals surface area contributed by atoms with Gasteiger partial charge in [-0.3, -0.25) is 9.52 Å². The maximum atomic E-state index is 12.5. The number of anilines is 1. The number of aromatic nitrogens is 1. The molecule has 0 radical (unpaired) electrons. The van der Waals surface area contributed by atoms with Gasteiger partial charge in [-0.2, -0.15) is 0 Å². The van der Waals surface area contributed by atoms with Gasteiger partial charge in [-0.25, -0.2) is 13.4 Å². The van der Waals surface area contributed by atoms with Gasteiger partial charge in [-0.15, -0.1) is 0 Å². The highest BCUT2D eigenvalue weighted by Crippen LogP contribution is 2.20. The molecule has 31 heavy (non-hydrogen) atoms. The van der Waals surface area contributed by atoms with E-state index >= 15 is 0 Å². The van der Waals surface area contributed by atoms with Crippen molar-refractivity contribution in [2.24, 2.45) is 0 Å². The van der Waals surface area contributed by atoms with Crippen LogP contribution in [-0.2, 0) is 21.2 Å². The van der Waals surface area contributed by atoms with Gasteiger partial charge in [0.15, 0.2) is 0 Å². The summed E-state index contributed by atoms with van der Waals surface area (Å²) in [5.74, 6) is 1.41. The lowest BCUT2D eigenvalue weighted by Crippen LogP contribution is -2.41. The summed E-state index contributed by atoms with van der Waals surface area (Å²) in [7, 11) is -1.69. The molecule has 0 saturated carbocycles. The molecule has 3 rings (SSSR count). The fraction of sp³-hybridized carbons (Fsp3) is 0.455. The van der Waals surface area contributed by atoms with Gasteiger partial charge in [0, 0.05) is 38.4 Å². The van der Waals surface area contributed by atoms with Crippen LogP contribution in [0.1, 0.15) is 31.7 Å². The maximum absolute atomic E-state index is 12.5. The summed E-state index contributed by atoms with van der Waals surface area (Å²) in [5.41, 5.74) is 1.52. The highest BCUT2D eigenvalue weighted by Gasteiger charge is 2.24. The normalized spacial score (nSPS) is 14.8. The summed E-state index contributed by atoms with van der Waals surface area (Å²) in [6, 6.07) is 11.1. The third-order valence-electron chi connectivity index (χ3n) is 5.26. The number of ether oxygens (including phenoxy) is 2. The van der Waals surface area contributed by atoms with E-state index < -0.39 is 10.0 Å². The summed E-state index contributed by atoms with van der Waals surface area (Å²) >= 11 is 0. The van der Waals surface area contributed by atoms with E-state index in [0.29, 0.717) is 37.5 Å². The number of carbonyl (C=O) groups is 1. The number of piperidine rings is 1. The third kappa shape index (κ3) is 6.85. The van der Waals surface area contributed by atoms with Gasteiger partial charge in [-0.05, 0) is 37.1 Å². The highest BCUT2D eigenvalue weighted by molar-refractivity contribution is 7.92. The fourth-order valence-corrected chi connectivity index (χ4v) is 3.98. The molecule has 2 heterocycles. The Bertz CT molecular complexity index is 954. The Morgan fingerprint density at radius 1 is 1.16 bits per heavy atom. The lowest BCUT2D eigenvalue weighted by atomic mass is 10.1. The maximum Gasteiger partial charge on any atom is 0.232 e. The van der Waals surface area contributed by atoms with Crippen LogP contribution in [0.5, 0.6) is 11.6 Å². The Kier molecular flexibility index (Phi) is 7.73. The topological polar surface area (TPSA) is 97.8 Å². The van der Waals surface area contributed by atoms with Crippen LogP contribution >= 0.6 is 0 Å². The molecule has 1 saturated heterocycles. The first-order valence-electron chi connectivity index (χ1n) is 10.4. The first-order valence-corrected chi connectivity index (χ1v) is 12.1. The summed E-state index contributed by atoms with van der Waals surface area (Å²) in [6.07, 6.45) is 4.09. The summed E-state index contributed by atoms with van der Waals surface area (Å²) in [6.45, 7) is 2.88. The average molecular weight is 448 g/mol. The van der Waals surface area contributed by atoms with E-state index in [9.17, 15) is 13.2 Å². The molecule has 0 aliphatic carbocycles. The van der Waals surface area contributed by atoms with Crippen molar-refractivity contribution >= 4 is 21.6 Å². The van der Waals surface area contributed by atoms with Crippen LogP contribution in [-0.4, -0.2) is 56.3 Å². The number of hydrogen-bond acceptors (Lipinski definition) is 6. The Morgan fingerprint density at radius 2 is 1.87 bits per heavy atom. The van der Waals surface area contributed by atoms with Crippen LogP contribution in [0, 0.1) is 0 Å². The van der Waals surface area contributed by atoms with Gasteiger partial charge < -0.3 is 14.4 Å². The van der Waals surface area contributed by atoms with E-state index in [1.165, 1.54) is 6.20 Å². The number of likely N-dealkylation sites (tertiary alicyclic amines) is 1. The van der Waals surface area contributed by atoms with Crippen LogP contribution in [0.25, 0.3) is 0 Å². The Hall–Kier alpha value is -2.81. The quantitative estimate of drug-likeness (QED) is 0.635. The lowest BCUT2D eigenvalue weighted by molar-refractivity contribution is -0.132. The number of sulfonamides is 1. The van der Waals surface area contributed by atoms with Gasteiger partial charge in [0.1, 0.15) is 11.9 Å². The van der Waals surface area contributed by atoms with Gasteiger partial charge in [-0.1, -0.05) is 12.1 Å². The second-order valence-electron chi connectivity index (χ2n) is 7.44. The summed E-state index contributed by atoms with van der Waals surface area (Å²) < 4.78 is 36.7. The van der Waals surface area contributed by atoms with Crippen LogP contribution in [0.15, 0.2) is 42.6 Å². The number of nitrogens with one attached hydrogen (secondary N) is 1. The number of aryl methyl sites for hydroxylation is 1. The molecule has 1 aromatic carbocycles. The number of methoxy groups -OCH3 is 1. The lowest BCUT2D eigenvalue weighted by Gasteiger charge is -2.32. The van der Waals surface area contributed by atoms with Crippen molar-refractivity contribution in [3.05, 3.63) is 48.2 Å². The molecule has 0 spiro atoms. The molecule has 1 aromatic heterocycles. The molecule has 2 aromatic rings. The first-order chi connectivity index (χ1) is 14.9. The minimum Gasteiger partial charge on any atom is -0.497 e. The van der Waals surface area contributed by atoms with Gasteiger partial charge in [0.05, 0.1) is 24.7 Å². The number of carbonyl (C=O) groups excluding carboxylic acids is 1. The van der Waals surface area contributed by atoms with E-state index in [2.05, 4.69) is 9.71 Å². The second kappa shape index (κ2) is 10.5. The molecule has 1 fully saturated rings. The molecule has 9 heteroatoms. The Labute approximate surface area is 183 Å². The number of rotatable bonds is 9. The third-order valence-corrected chi connectivity index (χ3v) is 6.57. The minimum atomic E-state index is -3.33. The monoisotopic (exact) mass is 447 g/mol. The van der Waals surface area contributed by atoms with Crippen LogP contribution in [0.4, 0.5) is 5.69 Å². The van der Waals surface area contributed by atoms with Crippen molar-refractivity contribution < 1.29 is 22.7 Å². The molecule has 0 unspecified atom stereocenters. The smallest absolute Gasteiger partial charge is 0.232 e. The molecule has 168 valence electrons. The standard InChI is InChI=1S/C22H29N3O5S/c1-3-31(27,28)24-18-7-10-21(23-16-18)30-20-12-14-25(15-13-20)22(26)11-6-17-4-8-19(29-2)9-5-17/h4-5,7-10,16,20,24H,3,6,11-15H2,1-2H3. The zero-order valence-corrected chi connectivity index (χ0v) is 18.7. The average Bonchev–Trinajstić information content (AvgIpc) is 2.79. The van der Waals surface area contributed by atoms with Crippen molar-refractivity contribution in [2.45, 2.75) is 38.7 Å². The van der Waals surface area contributed by atoms with E-state index in [0.717, 1.165) is 24.2 Å². The molecule has 1 N–H and O–H groups in total. The molecule has 0 bridgehead atoms. The second-order valence-corrected chi connectivity index (χ2v) is 9.45. The van der Waals surface area contributed by atoms with Crippen molar-refractivity contribution in [3.8, 4) is 11.6 Å². The summed E-state index contributed by atoms with van der Waals surface area (Å²) in [4.78, 5) is 18.6. The molecule has 0 atom stereocenters. The minimum absolute atomic E-state index is 0.00262. The number of benzene rings is 1. The predicted molar refractivity (Wildman–Crippen MR) is 119 cm³/mol. The van der Waals surface area contributed by atoms with Crippen molar-refractivity contribution in [3.63, 3.8) is 0 Å². The largest absolute Gasteiger partial charge is 0.497 e. The summed E-state index contributed by atoms with van der Waals surface area (Å²) in [5, 5.41) is 0. The van der Waals surface area contributed by atoms with E-state index in [4.69, 9.17) is 9.47 Å². The van der Waals surface area contributed by atoms with Crippen LogP contribution in [0.3, 0.4) is 0 Å². The number of hydrogen-bond donors (Lipinski definition) is 1. The SMILES string of the molecule is CCS(=O)(=O)Nc1ccc(OC2CCN(C(=O)CCc3ccc(OC)cc3)CC2)nc1. The zero-order chi connectivity index (χ0) is 22.3. The van der Waals surface area contributed by atoms with Gasteiger partial charge >= 0.3 is 0 Å². The molecule has 1 aliphatic heterocycles. The molecule has 8 nitrogen and oxygen atoms in total. The molecular formula is C22H29N3O5S. The number of pyridine rings is 1. The van der Waals surface area contributed by atoms with Crippen molar-refractivity contribution in [2.75, 3.05) is 30.7 Å². The van der Waals surface area contributed by atoms with E-state index in [1.807, 2.05) is 29.2 Å². The van der Waals surface area contributed by atoms with Gasteiger partial charge in [0.25, 0.3) is 0 Å². The van der Waals surface area contributed by atoms with E-state index in [-0.39, 0.29) is 17.8 Å². The van der Waals surface area contributed by atoms with E-state index in [1.54, 1.807) is 26.2 Å². The zero-order valence-electron chi connectivity index (χ0n) is 17.9. The van der Waals surface area contributed by atoms with Crippen LogP contribution in [0.2, 0.25) is 0 Å². The highest BCUT2D eigenvalue weighted by atomic mass is 32.2. The molecule has 1 amide bonds. The van der Waals surface area contributed by atoms with Crippen molar-refractivity contribution in [1.29, 1.82) is 0 Å². The van der Waals surface area contributed by atoms with Gasteiger partial charge in [0.2, 0.25) is 21.8 Å². The number of nitrogens with zero attached hydrogens (tertiary/aromatic N) is 2. The molecule has 1 aliphatic rings. The first kappa shape index (κ1) is 22.9. The Morgan fingerprint density at radius 3 is 2.45 bits per heavy atom. The van der Waals surface area contributed by atoms with Crippen molar-refractivity contribution in [1.82, 2.24) is 9.88 Å². The Balaban J connectivity index is 1.42. The predicted octanol–water partition coefficient (Wildman–Crippen LogP) is 2.85. The number of amides is 1. The van der Waals surface area contributed by atoms with Crippen LogP contribution < -0.4 is 14.2 Å².